The Morgan fingerprint density at radius 3 is 0.760 bits per heavy atom. The Hall–Kier alpha value is -9.92. The Balaban J connectivity index is 1.22. The predicted octanol–water partition coefficient (Wildman–Crippen LogP) is 26.6. The van der Waals surface area contributed by atoms with Gasteiger partial charge in [-0.25, -0.2) is 19.9 Å². The Bertz CT molecular complexity index is 5540. The summed E-state index contributed by atoms with van der Waals surface area (Å²) in [6, 6.07) is 55.9. The van der Waals surface area contributed by atoms with Crippen molar-refractivity contribution in [1.29, 1.82) is 0 Å². The summed E-state index contributed by atoms with van der Waals surface area (Å²) in [6.07, 6.45) is 8.72. The summed E-state index contributed by atoms with van der Waals surface area (Å²) in [5.74, 6) is 0. The third kappa shape index (κ3) is 12.8. The van der Waals surface area contributed by atoms with Crippen LogP contribution in [0.25, 0.3) is 157 Å². The van der Waals surface area contributed by atoms with Gasteiger partial charge in [0, 0.05) is 87.9 Å². The maximum atomic E-state index is 6.21. The summed E-state index contributed by atoms with van der Waals surface area (Å²) < 4.78 is 0. The molecule has 13 aromatic rings. The standard InChI is InChI=1S/C96H104N8/c1-89(2,3)57-37-53(38-58(45-57)90(4,5)6)81-71-29-25-65(97-71)49-67-27-31-73(99-67)83(55-41-61(93(13,14)15)47-62(42-55)94(16,17)18)79-51-69-70-52-80-84(56-43-63(95(19,20)21)48-64(44-56)96(22,23)24)74-32-28-68(100-74)50-66-26-30-72(98-66)82(54-39-59(91(7,8)9)46-60(40-54)92(10,11)12)76-34-36-78(102-76)86(88(70)104-80)85(87(69)103-79)77-35-33-75(81)101-77/h25-52,99-102H,1-24H3. The van der Waals surface area contributed by atoms with Crippen LogP contribution in [-0.2, 0) is 43.3 Å². The number of aromatic amines is 4. The summed E-state index contributed by atoms with van der Waals surface area (Å²) in [5.41, 5.74) is 31.8. The van der Waals surface area contributed by atoms with Gasteiger partial charge in [0.05, 0.1) is 44.8 Å². The molecule has 8 heteroatoms. The molecular weight excluding hydrogens is 1270 g/mol. The fourth-order valence-electron chi connectivity index (χ4n) is 15.1. The SMILES string of the molecule is CC(C)(C)c1cc(-c2c3nc(cc4ccc([nH]4)c(-c4cc(C(C)(C)C)cc(C(C)(C)C)c4)c4cc5c6cc7nc6c(c6ccc([nH]6)c(-c6cc(C(C)(C)C)cc(C(C)(C)C)c6)c6nc(cc8ccc([nH]8)c7-c7cc(C(C)(C)C)cc(C(C)(C)C)c7)C=C6)c(c6ccc2[nH]6)c5n4)C=C3)cc(C(C)(C)C)c1. The lowest BCUT2D eigenvalue weighted by molar-refractivity contribution is 0.568. The van der Waals surface area contributed by atoms with Crippen LogP contribution in [0.4, 0.5) is 0 Å². The largest absolute Gasteiger partial charge is 0.355 e. The fraction of sp³-hybridized carbons (Fsp3) is 0.333. The topological polar surface area (TPSA) is 115 Å². The molecule has 0 atom stereocenters. The van der Waals surface area contributed by atoms with Crippen molar-refractivity contribution in [2.75, 3.05) is 0 Å². The molecule has 10 heterocycles. The van der Waals surface area contributed by atoms with Crippen molar-refractivity contribution in [2.45, 2.75) is 209 Å². The Labute approximate surface area is 615 Å². The van der Waals surface area contributed by atoms with Crippen molar-refractivity contribution in [3.8, 4) is 44.5 Å². The van der Waals surface area contributed by atoms with Gasteiger partial charge in [-0.2, -0.15) is 0 Å². The lowest BCUT2D eigenvalue weighted by Crippen LogP contribution is -2.16. The van der Waals surface area contributed by atoms with Gasteiger partial charge >= 0.3 is 0 Å². The molecule has 5 aromatic carbocycles. The van der Waals surface area contributed by atoms with Gasteiger partial charge in [-0.1, -0.05) is 239 Å². The average Bonchev–Trinajstić information content (AvgIpc) is 1.55. The summed E-state index contributed by atoms with van der Waals surface area (Å²) >= 11 is 0. The average molecular weight is 1370 g/mol. The quantitative estimate of drug-likeness (QED) is 0.141. The van der Waals surface area contributed by atoms with Gasteiger partial charge in [-0.05, 0) is 207 Å². The lowest BCUT2D eigenvalue weighted by Gasteiger charge is -2.26. The Morgan fingerprint density at radius 1 is 0.231 bits per heavy atom. The molecular formula is C96H104N8. The van der Waals surface area contributed by atoms with Crippen LogP contribution in [-0.4, -0.2) is 39.9 Å². The summed E-state index contributed by atoms with van der Waals surface area (Å²) in [6.45, 7) is 55.7. The molecule has 2 aliphatic rings. The first kappa shape index (κ1) is 69.8. The summed E-state index contributed by atoms with van der Waals surface area (Å²) in [7, 11) is 0. The first-order valence-electron chi connectivity index (χ1n) is 37.5. The highest BCUT2D eigenvalue weighted by atomic mass is 14.8. The van der Waals surface area contributed by atoms with Crippen molar-refractivity contribution in [1.82, 2.24) is 39.9 Å². The van der Waals surface area contributed by atoms with E-state index in [0.717, 1.165) is 155 Å². The number of nitrogens with one attached hydrogen (secondary N) is 4. The van der Waals surface area contributed by atoms with Crippen molar-refractivity contribution < 1.29 is 0 Å². The van der Waals surface area contributed by atoms with Crippen molar-refractivity contribution in [2.24, 2.45) is 0 Å². The number of benzene rings is 5. The molecule has 16 bridgehead atoms. The minimum Gasteiger partial charge on any atom is -0.355 e. The second kappa shape index (κ2) is 23.8. The molecule has 0 radical (unpaired) electrons. The normalized spacial score (nSPS) is 13.7. The molecule has 0 saturated heterocycles. The first-order chi connectivity index (χ1) is 48.5. The second-order valence-electron chi connectivity index (χ2n) is 38.3. The molecule has 0 unspecified atom stereocenters. The zero-order valence-electron chi connectivity index (χ0n) is 66.0. The highest BCUT2D eigenvalue weighted by Gasteiger charge is 2.30. The molecule has 15 rings (SSSR count). The van der Waals surface area contributed by atoms with E-state index in [9.17, 15) is 0 Å². The molecule has 8 aromatic heterocycles. The van der Waals surface area contributed by atoms with Crippen LogP contribution < -0.4 is 0 Å². The minimum absolute atomic E-state index is 0.141. The van der Waals surface area contributed by atoms with Gasteiger partial charge in [-0.3, -0.25) is 0 Å². The van der Waals surface area contributed by atoms with E-state index in [1.54, 1.807) is 0 Å². The van der Waals surface area contributed by atoms with Crippen molar-refractivity contribution in [3.05, 3.63) is 213 Å². The Morgan fingerprint density at radius 2 is 0.481 bits per heavy atom. The molecule has 0 spiro atoms. The van der Waals surface area contributed by atoms with E-state index in [0.29, 0.717) is 0 Å². The molecule has 528 valence electrons. The monoisotopic (exact) mass is 1370 g/mol. The van der Waals surface area contributed by atoms with Crippen LogP contribution in [0, 0.1) is 0 Å². The van der Waals surface area contributed by atoms with E-state index in [1.807, 2.05) is 0 Å². The van der Waals surface area contributed by atoms with Gasteiger partial charge in [-0.15, -0.1) is 0 Å². The lowest BCUT2D eigenvalue weighted by atomic mass is 9.78. The predicted molar refractivity (Wildman–Crippen MR) is 448 cm³/mol. The molecule has 8 nitrogen and oxygen atoms in total. The van der Waals surface area contributed by atoms with Crippen LogP contribution in [0.1, 0.15) is 233 Å². The van der Waals surface area contributed by atoms with Crippen LogP contribution >= 0.6 is 0 Å². The number of rotatable bonds is 4. The van der Waals surface area contributed by atoms with E-state index >= 15 is 0 Å². The van der Waals surface area contributed by atoms with Gasteiger partial charge in [0.1, 0.15) is 0 Å². The van der Waals surface area contributed by atoms with E-state index in [4.69, 9.17) is 19.9 Å². The maximum absolute atomic E-state index is 6.21. The summed E-state index contributed by atoms with van der Waals surface area (Å²) in [5, 5.41) is 3.88. The molecule has 2 aliphatic heterocycles. The van der Waals surface area contributed by atoms with E-state index < -0.39 is 0 Å². The van der Waals surface area contributed by atoms with E-state index in [1.165, 1.54) is 44.5 Å². The smallest absolute Gasteiger partial charge is 0.0817 e. The Kier molecular flexibility index (Phi) is 16.0. The zero-order chi connectivity index (χ0) is 74.2. The molecule has 0 amide bonds. The van der Waals surface area contributed by atoms with Crippen molar-refractivity contribution >= 4 is 112 Å². The molecule has 4 N–H and O–H groups in total. The van der Waals surface area contributed by atoms with Gasteiger partial charge in [0.25, 0.3) is 0 Å². The van der Waals surface area contributed by atoms with Crippen LogP contribution in [0.5, 0.6) is 0 Å². The highest BCUT2D eigenvalue weighted by molar-refractivity contribution is 6.32. The number of hydrogen-bond acceptors (Lipinski definition) is 4. The molecule has 0 fully saturated rings. The fourth-order valence-corrected chi connectivity index (χ4v) is 15.1. The number of hydrogen-bond donors (Lipinski definition) is 4. The molecule has 0 aliphatic carbocycles. The third-order valence-electron chi connectivity index (χ3n) is 21.7. The number of H-pyrrole nitrogens is 4. The minimum atomic E-state index is -0.160. The van der Waals surface area contributed by atoms with Gasteiger partial charge in [0.2, 0.25) is 0 Å². The second-order valence-corrected chi connectivity index (χ2v) is 38.3. The molecule has 104 heavy (non-hydrogen) atoms. The van der Waals surface area contributed by atoms with E-state index in [2.05, 4.69) is 356 Å². The first-order valence-corrected chi connectivity index (χ1v) is 37.5. The number of nitrogens with zero attached hydrogens (tertiary/aromatic N) is 4. The van der Waals surface area contributed by atoms with Crippen LogP contribution in [0.15, 0.2) is 146 Å². The molecule has 0 saturated carbocycles. The van der Waals surface area contributed by atoms with E-state index in [-0.39, 0.29) is 43.3 Å². The van der Waals surface area contributed by atoms with Crippen molar-refractivity contribution in [3.63, 3.8) is 0 Å². The third-order valence-corrected chi connectivity index (χ3v) is 21.7. The number of fused-ring (bicyclic) bond motifs is 18. The van der Waals surface area contributed by atoms with Gasteiger partial charge in [0.15, 0.2) is 0 Å². The van der Waals surface area contributed by atoms with Gasteiger partial charge < -0.3 is 19.9 Å². The number of aromatic nitrogens is 8. The van der Waals surface area contributed by atoms with Crippen LogP contribution in [0.3, 0.4) is 0 Å². The highest BCUT2D eigenvalue weighted by Crippen LogP contribution is 2.48. The zero-order valence-corrected chi connectivity index (χ0v) is 66.0. The van der Waals surface area contributed by atoms with Crippen LogP contribution in [0.2, 0.25) is 0 Å². The summed E-state index contributed by atoms with van der Waals surface area (Å²) in [4.78, 5) is 40.0. The maximum Gasteiger partial charge on any atom is 0.0817 e.